The van der Waals surface area contributed by atoms with Gasteiger partial charge in [-0.05, 0) is 38.0 Å². The number of thioether (sulfide) groups is 1. The fraction of sp³-hybridized carbons (Fsp3) is 0.667. The van der Waals surface area contributed by atoms with Gasteiger partial charge in [0, 0.05) is 11.3 Å². The number of hydrogen-bond acceptors (Lipinski definition) is 3. The molecule has 0 spiro atoms. The lowest BCUT2D eigenvalue weighted by Gasteiger charge is -2.07. The Bertz CT molecular complexity index is 309. The second kappa shape index (κ2) is 12.2. The van der Waals surface area contributed by atoms with Gasteiger partial charge in [-0.2, -0.15) is 0 Å². The van der Waals surface area contributed by atoms with Gasteiger partial charge in [0.2, 0.25) is 0 Å². The lowest BCUT2D eigenvalue weighted by atomic mass is 10.2. The SMILES string of the molecule is CC/C=C\C(SCCCCCCC(=O)O)=C(/C)OC. The highest BCUT2D eigenvalue weighted by Crippen LogP contribution is 2.23. The molecule has 0 aromatic heterocycles. The molecule has 0 aromatic rings. The van der Waals surface area contributed by atoms with Crippen LogP contribution in [0.15, 0.2) is 22.8 Å². The van der Waals surface area contributed by atoms with E-state index < -0.39 is 5.97 Å². The Labute approximate surface area is 121 Å². The molecule has 0 aliphatic rings. The molecule has 3 nitrogen and oxygen atoms in total. The van der Waals surface area contributed by atoms with E-state index in [2.05, 4.69) is 19.1 Å². The largest absolute Gasteiger partial charge is 0.500 e. The number of hydrogen-bond donors (Lipinski definition) is 1. The van der Waals surface area contributed by atoms with E-state index in [0.717, 1.165) is 43.6 Å². The lowest BCUT2D eigenvalue weighted by molar-refractivity contribution is -0.137. The summed E-state index contributed by atoms with van der Waals surface area (Å²) in [5, 5.41) is 8.53. The van der Waals surface area contributed by atoms with Crippen LogP contribution in [0.4, 0.5) is 0 Å². The van der Waals surface area contributed by atoms with E-state index in [1.807, 2.05) is 18.7 Å². The van der Waals surface area contributed by atoms with Gasteiger partial charge in [0.05, 0.1) is 7.11 Å². The standard InChI is InChI=1S/C15H26O3S/c1-4-5-10-14(13(2)18-3)19-12-9-7-6-8-11-15(16)17/h5,10H,4,6-9,11-12H2,1-3H3,(H,16,17)/b10-5-,14-13-. The van der Waals surface area contributed by atoms with Crippen molar-refractivity contribution in [2.45, 2.75) is 52.4 Å². The van der Waals surface area contributed by atoms with E-state index in [1.54, 1.807) is 7.11 Å². The molecule has 0 aliphatic carbocycles. The molecule has 0 heterocycles. The molecule has 0 rings (SSSR count). The molecule has 0 amide bonds. The normalized spacial score (nSPS) is 12.6. The Kier molecular flexibility index (Phi) is 11.6. The van der Waals surface area contributed by atoms with Gasteiger partial charge in [-0.3, -0.25) is 4.79 Å². The van der Waals surface area contributed by atoms with Crippen molar-refractivity contribution < 1.29 is 14.6 Å². The average Bonchev–Trinajstić information content (AvgIpc) is 2.39. The summed E-state index contributed by atoms with van der Waals surface area (Å²) in [5.74, 6) is 1.32. The highest BCUT2D eigenvalue weighted by atomic mass is 32.2. The number of aliphatic carboxylic acids is 1. The molecule has 0 atom stereocenters. The minimum absolute atomic E-state index is 0.292. The maximum Gasteiger partial charge on any atom is 0.303 e. The first-order chi connectivity index (χ1) is 9.11. The maximum atomic E-state index is 10.4. The molecule has 110 valence electrons. The van der Waals surface area contributed by atoms with Crippen molar-refractivity contribution >= 4 is 17.7 Å². The van der Waals surface area contributed by atoms with E-state index in [1.165, 1.54) is 4.91 Å². The summed E-state index contributed by atoms with van der Waals surface area (Å²) in [6.07, 6.45) is 9.57. The molecule has 19 heavy (non-hydrogen) atoms. The van der Waals surface area contributed by atoms with E-state index in [0.29, 0.717) is 6.42 Å². The second-order valence-corrected chi connectivity index (χ2v) is 5.48. The summed E-state index contributed by atoms with van der Waals surface area (Å²) in [6, 6.07) is 0. The zero-order valence-corrected chi connectivity index (χ0v) is 13.1. The van der Waals surface area contributed by atoms with Crippen molar-refractivity contribution in [1.29, 1.82) is 0 Å². The number of allylic oxidation sites excluding steroid dienone is 3. The molecule has 1 N–H and O–H groups in total. The van der Waals surface area contributed by atoms with E-state index in [4.69, 9.17) is 9.84 Å². The molecule has 0 aliphatic heterocycles. The van der Waals surface area contributed by atoms with E-state index in [9.17, 15) is 4.79 Å². The summed E-state index contributed by atoms with van der Waals surface area (Å²) in [4.78, 5) is 11.5. The first kappa shape index (κ1) is 18.1. The predicted octanol–water partition coefficient (Wildman–Crippen LogP) is 4.60. The Morgan fingerprint density at radius 1 is 1.26 bits per heavy atom. The Morgan fingerprint density at radius 2 is 1.95 bits per heavy atom. The quantitative estimate of drug-likeness (QED) is 0.342. The highest BCUT2D eigenvalue weighted by Gasteiger charge is 2.01. The second-order valence-electron chi connectivity index (χ2n) is 4.34. The maximum absolute atomic E-state index is 10.4. The molecule has 0 radical (unpaired) electrons. The van der Waals surface area contributed by atoms with Gasteiger partial charge in [-0.15, -0.1) is 11.8 Å². The third kappa shape index (κ3) is 10.7. The van der Waals surface area contributed by atoms with Gasteiger partial charge in [-0.25, -0.2) is 0 Å². The van der Waals surface area contributed by atoms with Crippen LogP contribution in [0, 0.1) is 0 Å². The zero-order chi connectivity index (χ0) is 14.5. The van der Waals surface area contributed by atoms with Crippen LogP contribution in [0.2, 0.25) is 0 Å². The van der Waals surface area contributed by atoms with Gasteiger partial charge >= 0.3 is 5.97 Å². The lowest BCUT2D eigenvalue weighted by Crippen LogP contribution is -1.93. The van der Waals surface area contributed by atoms with Gasteiger partial charge < -0.3 is 9.84 Å². The molecule has 0 unspecified atom stereocenters. The Morgan fingerprint density at radius 3 is 2.53 bits per heavy atom. The van der Waals surface area contributed by atoms with Crippen LogP contribution in [-0.2, 0) is 9.53 Å². The van der Waals surface area contributed by atoms with Crippen LogP contribution in [0.3, 0.4) is 0 Å². The first-order valence-corrected chi connectivity index (χ1v) is 7.86. The molecule has 0 bridgehead atoms. The van der Waals surface area contributed by atoms with E-state index >= 15 is 0 Å². The summed E-state index contributed by atoms with van der Waals surface area (Å²) >= 11 is 1.81. The molecule has 0 aromatic carbocycles. The van der Waals surface area contributed by atoms with Crippen LogP contribution in [0.25, 0.3) is 0 Å². The molecule has 4 heteroatoms. The van der Waals surface area contributed by atoms with Crippen molar-refractivity contribution in [2.75, 3.05) is 12.9 Å². The summed E-state index contributed by atoms with van der Waals surface area (Å²) < 4.78 is 5.27. The monoisotopic (exact) mass is 286 g/mol. The number of carbonyl (C=O) groups is 1. The number of rotatable bonds is 11. The van der Waals surface area contributed by atoms with Crippen molar-refractivity contribution in [3.05, 3.63) is 22.8 Å². The van der Waals surface area contributed by atoms with Gasteiger partial charge in [0.15, 0.2) is 0 Å². The topological polar surface area (TPSA) is 46.5 Å². The summed E-state index contributed by atoms with van der Waals surface area (Å²) in [7, 11) is 1.70. The number of carboxylic acid groups (broad SMARTS) is 1. The fourth-order valence-electron chi connectivity index (χ4n) is 1.51. The van der Waals surface area contributed by atoms with Crippen molar-refractivity contribution in [2.24, 2.45) is 0 Å². The third-order valence-corrected chi connectivity index (χ3v) is 3.93. The summed E-state index contributed by atoms with van der Waals surface area (Å²) in [6.45, 7) is 4.10. The summed E-state index contributed by atoms with van der Waals surface area (Å²) in [5.41, 5.74) is 0. The minimum atomic E-state index is -0.694. The fourth-order valence-corrected chi connectivity index (χ4v) is 2.55. The average molecular weight is 286 g/mol. The molecule has 0 saturated heterocycles. The highest BCUT2D eigenvalue weighted by molar-refractivity contribution is 8.03. The smallest absolute Gasteiger partial charge is 0.303 e. The molecule has 0 fully saturated rings. The number of methoxy groups -OCH3 is 1. The van der Waals surface area contributed by atoms with Crippen LogP contribution in [0.1, 0.15) is 52.4 Å². The van der Waals surface area contributed by atoms with Crippen molar-refractivity contribution in [3.8, 4) is 0 Å². The van der Waals surface area contributed by atoms with E-state index in [-0.39, 0.29) is 0 Å². The Balaban J connectivity index is 3.82. The first-order valence-electron chi connectivity index (χ1n) is 6.87. The van der Waals surface area contributed by atoms with Gasteiger partial charge in [0.1, 0.15) is 5.76 Å². The number of carboxylic acids is 1. The zero-order valence-electron chi connectivity index (χ0n) is 12.3. The van der Waals surface area contributed by atoms with Crippen LogP contribution < -0.4 is 0 Å². The molecular weight excluding hydrogens is 260 g/mol. The molecular formula is C15H26O3S. The predicted molar refractivity (Wildman–Crippen MR) is 82.3 cm³/mol. The van der Waals surface area contributed by atoms with Crippen LogP contribution in [0.5, 0.6) is 0 Å². The van der Waals surface area contributed by atoms with Gasteiger partial charge in [-0.1, -0.05) is 25.8 Å². The minimum Gasteiger partial charge on any atom is -0.500 e. The van der Waals surface area contributed by atoms with Crippen molar-refractivity contribution in [3.63, 3.8) is 0 Å². The number of unbranched alkanes of at least 4 members (excludes halogenated alkanes) is 3. The third-order valence-electron chi connectivity index (χ3n) is 2.70. The molecule has 0 saturated carbocycles. The van der Waals surface area contributed by atoms with Gasteiger partial charge in [0.25, 0.3) is 0 Å². The van der Waals surface area contributed by atoms with Crippen LogP contribution in [-0.4, -0.2) is 23.9 Å². The van der Waals surface area contributed by atoms with Crippen molar-refractivity contribution in [1.82, 2.24) is 0 Å². The Hall–Kier alpha value is -0.900. The number of ether oxygens (including phenoxy) is 1. The van der Waals surface area contributed by atoms with Crippen LogP contribution >= 0.6 is 11.8 Å².